The van der Waals surface area contributed by atoms with Crippen LogP contribution in [0.1, 0.15) is 37.7 Å². The lowest BCUT2D eigenvalue weighted by Crippen LogP contribution is -2.46. The summed E-state index contributed by atoms with van der Waals surface area (Å²) < 4.78 is 13.1. The van der Waals surface area contributed by atoms with Crippen molar-refractivity contribution in [2.45, 2.75) is 38.5 Å². The number of carbonyl (C=O) groups excluding carboxylic acids is 2. The second kappa shape index (κ2) is 5.51. The minimum Gasteiger partial charge on any atom is -0.369 e. The van der Waals surface area contributed by atoms with Gasteiger partial charge in [-0.2, -0.15) is 0 Å². The Bertz CT molecular complexity index is 501. The molecule has 1 amide bonds. The summed E-state index contributed by atoms with van der Waals surface area (Å²) in [6, 6.07) is 6.23. The molecule has 0 aromatic heterocycles. The van der Waals surface area contributed by atoms with Crippen LogP contribution < -0.4 is 5.73 Å². The Kier molecular flexibility index (Phi) is 3.98. The quantitative estimate of drug-likeness (QED) is 0.848. The fourth-order valence-electron chi connectivity index (χ4n) is 2.79. The molecular weight excluding hydrogens is 245 g/mol. The number of aryl methyl sites for hydroxylation is 1. The van der Waals surface area contributed by atoms with Crippen LogP contribution in [0.5, 0.6) is 0 Å². The first kappa shape index (κ1) is 13.7. The molecule has 1 aliphatic carbocycles. The summed E-state index contributed by atoms with van der Waals surface area (Å²) >= 11 is 0. The Morgan fingerprint density at radius 3 is 2.79 bits per heavy atom. The Morgan fingerprint density at radius 2 is 2.16 bits per heavy atom. The van der Waals surface area contributed by atoms with Crippen LogP contribution in [-0.4, -0.2) is 11.7 Å². The van der Waals surface area contributed by atoms with Gasteiger partial charge in [0.25, 0.3) is 0 Å². The lowest BCUT2D eigenvalue weighted by Gasteiger charge is -2.32. The summed E-state index contributed by atoms with van der Waals surface area (Å²) in [5, 5.41) is 0. The van der Waals surface area contributed by atoms with Crippen LogP contribution in [-0.2, 0) is 16.0 Å². The van der Waals surface area contributed by atoms with Gasteiger partial charge in [0.15, 0.2) is 0 Å². The number of amides is 1. The number of carbonyl (C=O) groups is 2. The van der Waals surface area contributed by atoms with Gasteiger partial charge in [-0.25, -0.2) is 4.39 Å². The number of halogens is 1. The number of ketones is 1. The second-order valence-electron chi connectivity index (χ2n) is 5.21. The molecule has 0 heterocycles. The molecule has 1 aliphatic rings. The summed E-state index contributed by atoms with van der Waals surface area (Å²) in [7, 11) is 0. The lowest BCUT2D eigenvalue weighted by atomic mass is 9.69. The molecule has 1 fully saturated rings. The fraction of sp³-hybridized carbons (Fsp3) is 0.467. The van der Waals surface area contributed by atoms with E-state index < -0.39 is 11.3 Å². The minimum atomic E-state index is -1.04. The summed E-state index contributed by atoms with van der Waals surface area (Å²) in [6.45, 7) is 0. The maximum atomic E-state index is 13.1. The van der Waals surface area contributed by atoms with Gasteiger partial charge in [0.2, 0.25) is 5.91 Å². The number of nitrogens with two attached hydrogens (primary N) is 1. The van der Waals surface area contributed by atoms with Crippen LogP contribution in [0.2, 0.25) is 0 Å². The molecule has 1 saturated carbocycles. The van der Waals surface area contributed by atoms with Gasteiger partial charge in [0.05, 0.1) is 0 Å². The SMILES string of the molecule is NC(=O)C1(CCc2cccc(F)c2)CCCCC1=O. The topological polar surface area (TPSA) is 60.2 Å². The zero-order valence-electron chi connectivity index (χ0n) is 10.8. The van der Waals surface area contributed by atoms with Crippen LogP contribution in [0.25, 0.3) is 0 Å². The first-order chi connectivity index (χ1) is 9.04. The summed E-state index contributed by atoms with van der Waals surface area (Å²) in [6.07, 6.45) is 3.49. The van der Waals surface area contributed by atoms with Crippen LogP contribution >= 0.6 is 0 Å². The normalized spacial score (nSPS) is 23.3. The van der Waals surface area contributed by atoms with Crippen LogP contribution in [0.4, 0.5) is 4.39 Å². The number of hydrogen-bond donors (Lipinski definition) is 1. The first-order valence-electron chi connectivity index (χ1n) is 6.62. The van der Waals surface area contributed by atoms with Gasteiger partial charge >= 0.3 is 0 Å². The van der Waals surface area contributed by atoms with Crippen molar-refractivity contribution in [3.05, 3.63) is 35.6 Å². The molecule has 1 atom stereocenters. The molecule has 4 heteroatoms. The highest BCUT2D eigenvalue weighted by Crippen LogP contribution is 2.37. The predicted octanol–water partition coefficient (Wildman–Crippen LogP) is 2.37. The largest absolute Gasteiger partial charge is 0.369 e. The first-order valence-corrected chi connectivity index (χ1v) is 6.62. The van der Waals surface area contributed by atoms with Gasteiger partial charge in [-0.15, -0.1) is 0 Å². The average Bonchev–Trinajstić information content (AvgIpc) is 2.38. The summed E-state index contributed by atoms with van der Waals surface area (Å²) in [4.78, 5) is 23.8. The molecule has 0 spiro atoms. The van der Waals surface area contributed by atoms with E-state index in [-0.39, 0.29) is 11.6 Å². The van der Waals surface area contributed by atoms with Crippen molar-refractivity contribution >= 4 is 11.7 Å². The van der Waals surface area contributed by atoms with E-state index >= 15 is 0 Å². The molecule has 1 unspecified atom stereocenters. The van der Waals surface area contributed by atoms with Gasteiger partial charge in [0.1, 0.15) is 17.0 Å². The van der Waals surface area contributed by atoms with E-state index in [0.29, 0.717) is 25.7 Å². The molecule has 0 radical (unpaired) electrons. The van der Waals surface area contributed by atoms with Gasteiger partial charge in [-0.1, -0.05) is 18.6 Å². The van der Waals surface area contributed by atoms with Crippen molar-refractivity contribution in [3.63, 3.8) is 0 Å². The molecule has 19 heavy (non-hydrogen) atoms. The molecule has 0 aliphatic heterocycles. The van der Waals surface area contributed by atoms with Crippen LogP contribution in [0, 0.1) is 11.2 Å². The minimum absolute atomic E-state index is 0.0531. The number of benzene rings is 1. The smallest absolute Gasteiger partial charge is 0.231 e. The van der Waals surface area contributed by atoms with Gasteiger partial charge in [0, 0.05) is 6.42 Å². The maximum Gasteiger partial charge on any atom is 0.231 e. The van der Waals surface area contributed by atoms with E-state index in [1.54, 1.807) is 12.1 Å². The molecular formula is C15H18FNO2. The zero-order chi connectivity index (χ0) is 13.9. The second-order valence-corrected chi connectivity index (χ2v) is 5.21. The highest BCUT2D eigenvalue weighted by molar-refractivity contribution is 6.05. The Labute approximate surface area is 112 Å². The molecule has 0 saturated heterocycles. The van der Waals surface area contributed by atoms with E-state index in [9.17, 15) is 14.0 Å². The number of Topliss-reactive ketones (excluding diaryl/α,β-unsaturated/α-hetero) is 1. The Morgan fingerprint density at radius 1 is 1.37 bits per heavy atom. The number of primary amides is 1. The molecule has 102 valence electrons. The van der Waals surface area contributed by atoms with Gasteiger partial charge < -0.3 is 5.73 Å². The fourth-order valence-corrected chi connectivity index (χ4v) is 2.79. The third-order valence-corrected chi connectivity index (χ3v) is 3.99. The monoisotopic (exact) mass is 263 g/mol. The highest BCUT2D eigenvalue weighted by Gasteiger charge is 2.44. The molecule has 2 rings (SSSR count). The summed E-state index contributed by atoms with van der Waals surface area (Å²) in [5.74, 6) is -0.892. The molecule has 3 nitrogen and oxygen atoms in total. The van der Waals surface area contributed by atoms with Crippen molar-refractivity contribution in [2.75, 3.05) is 0 Å². The van der Waals surface area contributed by atoms with Gasteiger partial charge in [-0.05, 0) is 43.4 Å². The third kappa shape index (κ3) is 2.83. The molecule has 2 N–H and O–H groups in total. The lowest BCUT2D eigenvalue weighted by molar-refractivity contribution is -0.143. The van der Waals surface area contributed by atoms with E-state index in [1.165, 1.54) is 12.1 Å². The maximum absolute atomic E-state index is 13.1. The third-order valence-electron chi connectivity index (χ3n) is 3.99. The molecule has 1 aromatic carbocycles. The zero-order valence-corrected chi connectivity index (χ0v) is 10.8. The van der Waals surface area contributed by atoms with E-state index in [4.69, 9.17) is 5.73 Å². The standard InChI is InChI=1S/C15H18FNO2/c16-12-5-3-4-11(10-12)7-9-15(14(17)19)8-2-1-6-13(15)18/h3-5,10H,1-2,6-9H2,(H2,17,19). The Balaban J connectivity index is 2.13. The average molecular weight is 263 g/mol. The number of hydrogen-bond acceptors (Lipinski definition) is 2. The molecule has 1 aromatic rings. The van der Waals surface area contributed by atoms with E-state index in [2.05, 4.69) is 0 Å². The van der Waals surface area contributed by atoms with Crippen molar-refractivity contribution in [3.8, 4) is 0 Å². The van der Waals surface area contributed by atoms with Crippen molar-refractivity contribution < 1.29 is 14.0 Å². The van der Waals surface area contributed by atoms with Crippen molar-refractivity contribution in [1.29, 1.82) is 0 Å². The van der Waals surface area contributed by atoms with Gasteiger partial charge in [-0.3, -0.25) is 9.59 Å². The Hall–Kier alpha value is -1.71. The number of rotatable bonds is 4. The van der Waals surface area contributed by atoms with E-state index in [1.807, 2.05) is 0 Å². The van der Waals surface area contributed by atoms with Crippen molar-refractivity contribution in [2.24, 2.45) is 11.1 Å². The van der Waals surface area contributed by atoms with Crippen LogP contribution in [0.15, 0.2) is 24.3 Å². The summed E-state index contributed by atoms with van der Waals surface area (Å²) in [5.41, 5.74) is 5.21. The molecule has 0 bridgehead atoms. The van der Waals surface area contributed by atoms with Crippen molar-refractivity contribution in [1.82, 2.24) is 0 Å². The van der Waals surface area contributed by atoms with Crippen LogP contribution in [0.3, 0.4) is 0 Å². The van der Waals surface area contributed by atoms with E-state index in [0.717, 1.165) is 18.4 Å². The highest BCUT2D eigenvalue weighted by atomic mass is 19.1. The predicted molar refractivity (Wildman–Crippen MR) is 69.8 cm³/mol.